The third-order valence-corrected chi connectivity index (χ3v) is 3.91. The number of nitrogens with zero attached hydrogens (tertiary/aromatic N) is 2. The Kier molecular flexibility index (Phi) is 4.07. The predicted octanol–water partition coefficient (Wildman–Crippen LogP) is 2.96. The van der Waals surface area contributed by atoms with E-state index >= 15 is 0 Å². The normalized spacial score (nSPS) is 10.5. The van der Waals surface area contributed by atoms with E-state index in [0.717, 1.165) is 5.56 Å². The Morgan fingerprint density at radius 3 is 2.58 bits per heavy atom. The largest absolute Gasteiger partial charge is 0.375 e. The average molecular weight is 296 g/mol. The van der Waals surface area contributed by atoms with E-state index in [2.05, 4.69) is 4.98 Å². The number of benzene rings is 1. The summed E-state index contributed by atoms with van der Waals surface area (Å²) >= 11 is 7.05. The Morgan fingerprint density at radius 1 is 1.42 bits per heavy atom. The van der Waals surface area contributed by atoms with Gasteiger partial charge in [-0.05, 0) is 24.6 Å². The lowest BCUT2D eigenvalue weighted by molar-refractivity contribution is 0.0789. The van der Waals surface area contributed by atoms with Crippen molar-refractivity contribution in [1.29, 1.82) is 0 Å². The van der Waals surface area contributed by atoms with E-state index in [1.165, 1.54) is 11.3 Å². The zero-order valence-electron chi connectivity index (χ0n) is 10.7. The molecule has 0 aliphatic carbocycles. The van der Waals surface area contributed by atoms with Gasteiger partial charge in [0, 0.05) is 18.6 Å². The molecule has 0 aliphatic heterocycles. The van der Waals surface area contributed by atoms with Gasteiger partial charge in [-0.25, -0.2) is 4.98 Å². The Bertz CT molecular complexity index is 594. The van der Waals surface area contributed by atoms with Gasteiger partial charge in [0.2, 0.25) is 0 Å². The highest BCUT2D eigenvalue weighted by molar-refractivity contribution is 7.17. The minimum atomic E-state index is -0.0679. The maximum Gasteiger partial charge on any atom is 0.265 e. The minimum Gasteiger partial charge on any atom is -0.375 e. The fraction of sp³-hybridized carbons (Fsp3) is 0.231. The Balaban J connectivity index is 2.11. The fourth-order valence-electron chi connectivity index (χ4n) is 1.72. The summed E-state index contributed by atoms with van der Waals surface area (Å²) < 4.78 is 0. The maximum atomic E-state index is 12.3. The molecular weight excluding hydrogens is 282 g/mol. The van der Waals surface area contributed by atoms with Crippen LogP contribution >= 0.6 is 22.9 Å². The molecule has 1 amide bonds. The Labute approximate surface area is 120 Å². The molecule has 0 unspecified atom stereocenters. The molecule has 0 radical (unpaired) electrons. The first kappa shape index (κ1) is 13.8. The van der Waals surface area contributed by atoms with Gasteiger partial charge in [0.05, 0.1) is 5.69 Å². The smallest absolute Gasteiger partial charge is 0.265 e. The summed E-state index contributed by atoms with van der Waals surface area (Å²) in [4.78, 5) is 18.6. The number of thiazole rings is 1. The third kappa shape index (κ3) is 3.24. The first-order valence-corrected chi connectivity index (χ1v) is 6.89. The van der Waals surface area contributed by atoms with Crippen molar-refractivity contribution in [1.82, 2.24) is 9.88 Å². The van der Waals surface area contributed by atoms with Crippen molar-refractivity contribution in [3.05, 3.63) is 45.4 Å². The van der Waals surface area contributed by atoms with Crippen molar-refractivity contribution in [2.24, 2.45) is 0 Å². The van der Waals surface area contributed by atoms with Gasteiger partial charge in [-0.3, -0.25) is 4.79 Å². The molecule has 0 saturated heterocycles. The monoisotopic (exact) mass is 295 g/mol. The topological polar surface area (TPSA) is 59.2 Å². The standard InChI is InChI=1S/C13H14ClN3OS/c1-8-11(19-13(15)16-8)12(18)17(2)7-9-3-5-10(14)6-4-9/h3-6H,7H2,1-2H3,(H2,15,16). The average Bonchev–Trinajstić information content (AvgIpc) is 2.70. The summed E-state index contributed by atoms with van der Waals surface area (Å²) in [5, 5.41) is 1.10. The van der Waals surface area contributed by atoms with E-state index < -0.39 is 0 Å². The number of rotatable bonds is 3. The van der Waals surface area contributed by atoms with E-state index in [1.54, 1.807) is 18.9 Å². The van der Waals surface area contributed by atoms with Gasteiger partial charge < -0.3 is 10.6 Å². The van der Waals surface area contributed by atoms with Gasteiger partial charge >= 0.3 is 0 Å². The van der Waals surface area contributed by atoms with Gasteiger partial charge in [-0.1, -0.05) is 35.1 Å². The number of amides is 1. The molecule has 100 valence electrons. The van der Waals surface area contributed by atoms with E-state index in [0.29, 0.717) is 27.3 Å². The van der Waals surface area contributed by atoms with Crippen LogP contribution in [-0.2, 0) is 6.54 Å². The lowest BCUT2D eigenvalue weighted by Crippen LogP contribution is -2.26. The third-order valence-electron chi connectivity index (χ3n) is 2.69. The number of hydrogen-bond acceptors (Lipinski definition) is 4. The molecule has 1 heterocycles. The molecule has 4 nitrogen and oxygen atoms in total. The molecule has 0 fully saturated rings. The number of aryl methyl sites for hydroxylation is 1. The SMILES string of the molecule is Cc1nc(N)sc1C(=O)N(C)Cc1ccc(Cl)cc1. The van der Waals surface area contributed by atoms with Gasteiger partial charge in [0.1, 0.15) is 4.88 Å². The minimum absolute atomic E-state index is 0.0679. The molecule has 1 aromatic heterocycles. The lowest BCUT2D eigenvalue weighted by atomic mass is 10.2. The number of nitrogen functional groups attached to an aromatic ring is 1. The van der Waals surface area contributed by atoms with E-state index in [1.807, 2.05) is 24.3 Å². The molecule has 19 heavy (non-hydrogen) atoms. The highest BCUT2D eigenvalue weighted by atomic mass is 35.5. The van der Waals surface area contributed by atoms with Crippen LogP contribution in [0.3, 0.4) is 0 Å². The van der Waals surface area contributed by atoms with Crippen molar-refractivity contribution >= 4 is 34.0 Å². The van der Waals surface area contributed by atoms with Crippen LogP contribution in [0.25, 0.3) is 0 Å². The number of halogens is 1. The van der Waals surface area contributed by atoms with Crippen molar-refractivity contribution in [2.45, 2.75) is 13.5 Å². The molecule has 0 bridgehead atoms. The molecule has 0 spiro atoms. The molecule has 0 atom stereocenters. The summed E-state index contributed by atoms with van der Waals surface area (Å²) in [7, 11) is 1.76. The van der Waals surface area contributed by atoms with Crippen LogP contribution in [0.1, 0.15) is 20.9 Å². The Hall–Kier alpha value is -1.59. The Morgan fingerprint density at radius 2 is 2.05 bits per heavy atom. The summed E-state index contributed by atoms with van der Waals surface area (Å²) in [5.41, 5.74) is 7.31. The number of carbonyl (C=O) groups excluding carboxylic acids is 1. The lowest BCUT2D eigenvalue weighted by Gasteiger charge is -2.16. The van der Waals surface area contributed by atoms with Crippen molar-refractivity contribution in [2.75, 3.05) is 12.8 Å². The molecule has 0 saturated carbocycles. The summed E-state index contributed by atoms with van der Waals surface area (Å²) in [6.07, 6.45) is 0. The number of hydrogen-bond donors (Lipinski definition) is 1. The number of aromatic nitrogens is 1. The van der Waals surface area contributed by atoms with Crippen molar-refractivity contribution < 1.29 is 4.79 Å². The van der Waals surface area contributed by atoms with Crippen molar-refractivity contribution in [3.8, 4) is 0 Å². The van der Waals surface area contributed by atoms with E-state index in [9.17, 15) is 4.79 Å². The number of anilines is 1. The molecule has 2 aromatic rings. The molecule has 0 aliphatic rings. The molecular formula is C13H14ClN3OS. The van der Waals surface area contributed by atoms with Crippen LogP contribution in [0, 0.1) is 6.92 Å². The molecule has 2 N–H and O–H groups in total. The zero-order chi connectivity index (χ0) is 14.0. The fourth-order valence-corrected chi connectivity index (χ4v) is 2.68. The second-order valence-electron chi connectivity index (χ2n) is 4.25. The summed E-state index contributed by atoms with van der Waals surface area (Å²) in [5.74, 6) is -0.0679. The van der Waals surface area contributed by atoms with Gasteiger partial charge in [0.25, 0.3) is 5.91 Å². The maximum absolute atomic E-state index is 12.3. The predicted molar refractivity (Wildman–Crippen MR) is 78.5 cm³/mol. The molecule has 6 heteroatoms. The quantitative estimate of drug-likeness (QED) is 0.947. The second-order valence-corrected chi connectivity index (χ2v) is 5.72. The highest BCUT2D eigenvalue weighted by Gasteiger charge is 2.18. The van der Waals surface area contributed by atoms with Crippen LogP contribution in [0.2, 0.25) is 5.02 Å². The van der Waals surface area contributed by atoms with Crippen LogP contribution in [0.15, 0.2) is 24.3 Å². The van der Waals surface area contributed by atoms with Crippen LogP contribution in [0.4, 0.5) is 5.13 Å². The van der Waals surface area contributed by atoms with Crippen LogP contribution in [-0.4, -0.2) is 22.8 Å². The van der Waals surface area contributed by atoms with E-state index in [4.69, 9.17) is 17.3 Å². The van der Waals surface area contributed by atoms with Crippen LogP contribution < -0.4 is 5.73 Å². The summed E-state index contributed by atoms with van der Waals surface area (Å²) in [6, 6.07) is 7.43. The van der Waals surface area contributed by atoms with Gasteiger partial charge in [-0.2, -0.15) is 0 Å². The second kappa shape index (κ2) is 5.59. The van der Waals surface area contributed by atoms with Gasteiger partial charge in [0.15, 0.2) is 5.13 Å². The van der Waals surface area contributed by atoms with E-state index in [-0.39, 0.29) is 5.91 Å². The van der Waals surface area contributed by atoms with Crippen LogP contribution in [0.5, 0.6) is 0 Å². The number of nitrogens with two attached hydrogens (primary N) is 1. The highest BCUT2D eigenvalue weighted by Crippen LogP contribution is 2.22. The zero-order valence-corrected chi connectivity index (χ0v) is 12.3. The molecule has 1 aromatic carbocycles. The first-order valence-electron chi connectivity index (χ1n) is 5.70. The van der Waals surface area contributed by atoms with Gasteiger partial charge in [-0.15, -0.1) is 0 Å². The number of carbonyl (C=O) groups is 1. The summed E-state index contributed by atoms with van der Waals surface area (Å²) in [6.45, 7) is 2.31. The molecule has 2 rings (SSSR count). The van der Waals surface area contributed by atoms with Crippen molar-refractivity contribution in [3.63, 3.8) is 0 Å². The first-order chi connectivity index (χ1) is 8.97.